The summed E-state index contributed by atoms with van der Waals surface area (Å²) >= 11 is 12.6. The van der Waals surface area contributed by atoms with Gasteiger partial charge in [0.1, 0.15) is 0 Å². The molecule has 0 aromatic heterocycles. The molecule has 4 heteroatoms. The van der Waals surface area contributed by atoms with Crippen LogP contribution in [-0.2, 0) is 6.42 Å². The van der Waals surface area contributed by atoms with Crippen molar-refractivity contribution in [2.45, 2.75) is 46.1 Å². The first kappa shape index (κ1) is 18.8. The Morgan fingerprint density at radius 3 is 2.24 bits per heavy atom. The van der Waals surface area contributed by atoms with E-state index in [1.54, 1.807) is 0 Å². The second-order valence-electron chi connectivity index (χ2n) is 5.37. The number of halogens is 2. The summed E-state index contributed by atoms with van der Waals surface area (Å²) in [6, 6.07) is 6.16. The summed E-state index contributed by atoms with van der Waals surface area (Å²) in [5, 5.41) is 5.18. The van der Waals surface area contributed by atoms with E-state index in [4.69, 9.17) is 23.2 Å². The highest BCUT2D eigenvalue weighted by atomic mass is 35.5. The van der Waals surface area contributed by atoms with Crippen LogP contribution < -0.4 is 5.32 Å². The molecule has 0 aliphatic carbocycles. The van der Waals surface area contributed by atoms with Crippen molar-refractivity contribution in [1.82, 2.24) is 10.2 Å². The molecular weight excluding hydrogens is 303 g/mol. The van der Waals surface area contributed by atoms with E-state index in [9.17, 15) is 0 Å². The molecule has 21 heavy (non-hydrogen) atoms. The third-order valence-corrected chi connectivity index (χ3v) is 4.59. The summed E-state index contributed by atoms with van der Waals surface area (Å²) < 4.78 is 0. The van der Waals surface area contributed by atoms with Gasteiger partial charge >= 0.3 is 0 Å². The van der Waals surface area contributed by atoms with Crippen LogP contribution in [0.4, 0.5) is 0 Å². The van der Waals surface area contributed by atoms with Crippen LogP contribution in [0.1, 0.15) is 39.2 Å². The Balaban J connectivity index is 2.68. The standard InChI is InChI=1S/C17H28Cl2N2/c1-4-11-20-14(10-12-21(5-2)6-3)13-15-16(18)8-7-9-17(15)19/h7-9,14,20H,4-6,10-13H2,1-3H3. The van der Waals surface area contributed by atoms with Gasteiger partial charge in [-0.2, -0.15) is 0 Å². The molecule has 0 radical (unpaired) electrons. The molecular formula is C17H28Cl2N2. The van der Waals surface area contributed by atoms with Crippen molar-refractivity contribution in [3.05, 3.63) is 33.8 Å². The minimum atomic E-state index is 0.419. The second-order valence-corrected chi connectivity index (χ2v) is 6.19. The summed E-state index contributed by atoms with van der Waals surface area (Å²) in [5.41, 5.74) is 1.06. The fraction of sp³-hybridized carbons (Fsp3) is 0.647. The molecule has 0 spiro atoms. The lowest BCUT2D eigenvalue weighted by molar-refractivity contribution is 0.280. The van der Waals surface area contributed by atoms with E-state index in [2.05, 4.69) is 31.0 Å². The zero-order chi connectivity index (χ0) is 15.7. The van der Waals surface area contributed by atoms with Crippen molar-refractivity contribution >= 4 is 23.2 Å². The van der Waals surface area contributed by atoms with E-state index < -0.39 is 0 Å². The van der Waals surface area contributed by atoms with Crippen LogP contribution >= 0.6 is 23.2 Å². The third kappa shape index (κ3) is 6.56. The Morgan fingerprint density at radius 2 is 1.71 bits per heavy atom. The second kappa shape index (κ2) is 10.4. The Labute approximate surface area is 139 Å². The van der Waals surface area contributed by atoms with Crippen molar-refractivity contribution in [3.63, 3.8) is 0 Å². The predicted molar refractivity (Wildman–Crippen MR) is 94.7 cm³/mol. The zero-order valence-electron chi connectivity index (χ0n) is 13.5. The molecule has 1 rings (SSSR count). The van der Waals surface area contributed by atoms with Crippen molar-refractivity contribution in [2.75, 3.05) is 26.2 Å². The van der Waals surface area contributed by atoms with Crippen molar-refractivity contribution in [3.8, 4) is 0 Å². The van der Waals surface area contributed by atoms with Gasteiger partial charge in [-0.15, -0.1) is 0 Å². The quantitative estimate of drug-likeness (QED) is 0.672. The van der Waals surface area contributed by atoms with Crippen LogP contribution in [0.5, 0.6) is 0 Å². The van der Waals surface area contributed by atoms with Gasteiger partial charge in [0.05, 0.1) is 0 Å². The predicted octanol–water partition coefficient (Wildman–Crippen LogP) is 4.64. The molecule has 0 bridgehead atoms. The van der Waals surface area contributed by atoms with Crippen LogP contribution in [0.25, 0.3) is 0 Å². The molecule has 1 atom stereocenters. The maximum absolute atomic E-state index is 6.30. The largest absolute Gasteiger partial charge is 0.314 e. The van der Waals surface area contributed by atoms with E-state index in [0.29, 0.717) is 6.04 Å². The fourth-order valence-corrected chi connectivity index (χ4v) is 3.03. The third-order valence-electron chi connectivity index (χ3n) is 3.88. The Bertz CT molecular complexity index is 386. The monoisotopic (exact) mass is 330 g/mol. The number of nitrogens with one attached hydrogen (secondary N) is 1. The topological polar surface area (TPSA) is 15.3 Å². The van der Waals surface area contributed by atoms with Gasteiger partial charge in [-0.1, -0.05) is 50.0 Å². The van der Waals surface area contributed by atoms with Crippen LogP contribution in [0.2, 0.25) is 10.0 Å². The highest BCUT2D eigenvalue weighted by molar-refractivity contribution is 6.36. The van der Waals surface area contributed by atoms with Gasteiger partial charge in [-0.25, -0.2) is 0 Å². The molecule has 1 N–H and O–H groups in total. The average Bonchev–Trinajstić information content (AvgIpc) is 2.48. The first-order valence-corrected chi connectivity index (χ1v) is 8.76. The molecule has 0 aliphatic heterocycles. The summed E-state index contributed by atoms with van der Waals surface area (Å²) in [5.74, 6) is 0. The Hall–Kier alpha value is -0.280. The van der Waals surface area contributed by atoms with E-state index in [-0.39, 0.29) is 0 Å². The molecule has 0 aliphatic rings. The molecule has 1 aromatic carbocycles. The van der Waals surface area contributed by atoms with Crippen molar-refractivity contribution in [2.24, 2.45) is 0 Å². The first-order valence-electron chi connectivity index (χ1n) is 8.00. The summed E-state index contributed by atoms with van der Waals surface area (Å²) in [6.45, 7) is 11.0. The lowest BCUT2D eigenvalue weighted by atomic mass is 10.0. The minimum absolute atomic E-state index is 0.419. The molecule has 120 valence electrons. The lowest BCUT2D eigenvalue weighted by Gasteiger charge is -2.24. The van der Waals surface area contributed by atoms with Crippen molar-refractivity contribution in [1.29, 1.82) is 0 Å². The highest BCUT2D eigenvalue weighted by Gasteiger charge is 2.14. The van der Waals surface area contributed by atoms with E-state index >= 15 is 0 Å². The molecule has 0 saturated carbocycles. The first-order chi connectivity index (χ1) is 10.1. The van der Waals surface area contributed by atoms with E-state index in [1.165, 1.54) is 0 Å². The molecule has 0 fully saturated rings. The maximum atomic E-state index is 6.30. The number of hydrogen-bond donors (Lipinski definition) is 1. The van der Waals surface area contributed by atoms with Gasteiger partial charge in [0.15, 0.2) is 0 Å². The lowest BCUT2D eigenvalue weighted by Crippen LogP contribution is -2.36. The van der Waals surface area contributed by atoms with Crippen LogP contribution in [0, 0.1) is 0 Å². The number of benzene rings is 1. The summed E-state index contributed by atoms with van der Waals surface area (Å²) in [4.78, 5) is 2.45. The van der Waals surface area contributed by atoms with Gasteiger partial charge in [-0.3, -0.25) is 0 Å². The van der Waals surface area contributed by atoms with Crippen LogP contribution in [0.15, 0.2) is 18.2 Å². The number of nitrogens with zero attached hydrogens (tertiary/aromatic N) is 1. The van der Waals surface area contributed by atoms with Gasteiger partial charge < -0.3 is 10.2 Å². The number of rotatable bonds is 10. The van der Waals surface area contributed by atoms with Crippen molar-refractivity contribution < 1.29 is 0 Å². The van der Waals surface area contributed by atoms with E-state index in [1.807, 2.05) is 18.2 Å². The SMILES string of the molecule is CCCNC(CCN(CC)CC)Cc1c(Cl)cccc1Cl. The fourth-order valence-electron chi connectivity index (χ4n) is 2.48. The zero-order valence-corrected chi connectivity index (χ0v) is 15.0. The Kier molecular flexibility index (Phi) is 9.34. The van der Waals surface area contributed by atoms with Gasteiger partial charge in [0, 0.05) is 16.1 Å². The summed E-state index contributed by atoms with van der Waals surface area (Å²) in [7, 11) is 0. The van der Waals surface area contributed by atoms with Crippen LogP contribution in [0.3, 0.4) is 0 Å². The van der Waals surface area contributed by atoms with E-state index in [0.717, 1.165) is 61.1 Å². The average molecular weight is 331 g/mol. The molecule has 1 aromatic rings. The Morgan fingerprint density at radius 1 is 1.10 bits per heavy atom. The number of hydrogen-bond acceptors (Lipinski definition) is 2. The van der Waals surface area contributed by atoms with Gasteiger partial charge in [0.25, 0.3) is 0 Å². The van der Waals surface area contributed by atoms with Crippen LogP contribution in [-0.4, -0.2) is 37.1 Å². The molecule has 2 nitrogen and oxygen atoms in total. The van der Waals surface area contributed by atoms with Gasteiger partial charge in [-0.05, 0) is 63.1 Å². The maximum Gasteiger partial charge on any atom is 0.0453 e. The summed E-state index contributed by atoms with van der Waals surface area (Å²) in [6.07, 6.45) is 3.14. The molecule has 0 heterocycles. The van der Waals surface area contributed by atoms with Gasteiger partial charge in [0.2, 0.25) is 0 Å². The molecule has 1 unspecified atom stereocenters. The molecule has 0 saturated heterocycles. The highest BCUT2D eigenvalue weighted by Crippen LogP contribution is 2.26. The normalized spacial score (nSPS) is 12.9. The minimum Gasteiger partial charge on any atom is -0.314 e. The molecule has 0 amide bonds. The smallest absolute Gasteiger partial charge is 0.0453 e.